The number of aliphatic hydroxyl groups excluding tert-OH is 1. The third-order valence-electron chi connectivity index (χ3n) is 2.82. The number of hydrogen-bond acceptors (Lipinski definition) is 3. The summed E-state index contributed by atoms with van der Waals surface area (Å²) >= 11 is 0. The zero-order chi connectivity index (χ0) is 10.4. The Morgan fingerprint density at radius 3 is 3.07 bits per heavy atom. The molecule has 0 bridgehead atoms. The molecule has 3 rings (SSSR count). The van der Waals surface area contributed by atoms with Crippen LogP contribution in [0.3, 0.4) is 0 Å². The van der Waals surface area contributed by atoms with E-state index >= 15 is 0 Å². The Morgan fingerprint density at radius 2 is 2.20 bits per heavy atom. The molecule has 1 aliphatic rings. The minimum atomic E-state index is -0.595. The average molecular weight is 202 g/mol. The van der Waals surface area contributed by atoms with Crippen LogP contribution in [0.5, 0.6) is 0 Å². The highest BCUT2D eigenvalue weighted by molar-refractivity contribution is 5.77. The van der Waals surface area contributed by atoms with Gasteiger partial charge in [-0.2, -0.15) is 0 Å². The summed E-state index contributed by atoms with van der Waals surface area (Å²) in [5, 5.41) is 10.3. The van der Waals surface area contributed by atoms with E-state index in [0.29, 0.717) is 29.7 Å². The van der Waals surface area contributed by atoms with Crippen molar-refractivity contribution in [3.63, 3.8) is 0 Å². The molecule has 1 N–H and O–H groups in total. The van der Waals surface area contributed by atoms with Gasteiger partial charge in [-0.15, -0.1) is 0 Å². The molecule has 1 aromatic carbocycles. The number of aliphatic hydroxyl groups is 1. The van der Waals surface area contributed by atoms with Crippen molar-refractivity contribution in [2.24, 2.45) is 0 Å². The van der Waals surface area contributed by atoms with Gasteiger partial charge in [0.25, 0.3) is 5.56 Å². The zero-order valence-corrected chi connectivity index (χ0v) is 8.05. The number of rotatable bonds is 0. The Morgan fingerprint density at radius 1 is 1.40 bits per heavy atom. The second-order valence-electron chi connectivity index (χ2n) is 3.75. The summed E-state index contributed by atoms with van der Waals surface area (Å²) in [5.41, 5.74) is 0.613. The predicted octanol–water partition coefficient (Wildman–Crippen LogP) is 0.834. The molecule has 1 atom stereocenters. The van der Waals surface area contributed by atoms with E-state index in [4.69, 9.17) is 0 Å². The van der Waals surface area contributed by atoms with Gasteiger partial charge in [0.15, 0.2) is 0 Å². The van der Waals surface area contributed by atoms with Crippen LogP contribution in [-0.2, 0) is 6.54 Å². The van der Waals surface area contributed by atoms with Gasteiger partial charge in [-0.05, 0) is 18.6 Å². The van der Waals surface area contributed by atoms with Crippen LogP contribution in [0.1, 0.15) is 18.3 Å². The fourth-order valence-electron chi connectivity index (χ4n) is 2.04. The van der Waals surface area contributed by atoms with E-state index in [0.717, 1.165) is 0 Å². The van der Waals surface area contributed by atoms with E-state index in [-0.39, 0.29) is 5.56 Å². The molecule has 0 spiro atoms. The first-order valence-corrected chi connectivity index (χ1v) is 4.95. The molecule has 0 amide bonds. The molecule has 2 heterocycles. The Bertz CT molecular complexity index is 589. The minimum absolute atomic E-state index is 0.0489. The van der Waals surface area contributed by atoms with Crippen LogP contribution in [0.4, 0.5) is 0 Å². The first kappa shape index (κ1) is 8.61. The Labute approximate surface area is 85.8 Å². The number of benzene rings is 1. The van der Waals surface area contributed by atoms with Crippen LogP contribution in [0, 0.1) is 0 Å². The molecule has 0 fully saturated rings. The maximum Gasteiger partial charge on any atom is 0.261 e. The van der Waals surface area contributed by atoms with Crippen molar-refractivity contribution < 1.29 is 5.11 Å². The normalized spacial score (nSPS) is 19.4. The number of para-hydroxylation sites is 1. The van der Waals surface area contributed by atoms with Gasteiger partial charge in [0.2, 0.25) is 0 Å². The van der Waals surface area contributed by atoms with Crippen molar-refractivity contribution >= 4 is 10.9 Å². The molecule has 0 aliphatic carbocycles. The lowest BCUT2D eigenvalue weighted by Gasteiger charge is -2.05. The molecule has 2 aromatic rings. The van der Waals surface area contributed by atoms with Crippen molar-refractivity contribution in [3.8, 4) is 0 Å². The average Bonchev–Trinajstić information content (AvgIpc) is 2.62. The van der Waals surface area contributed by atoms with Crippen molar-refractivity contribution in [2.45, 2.75) is 19.1 Å². The van der Waals surface area contributed by atoms with E-state index in [9.17, 15) is 9.90 Å². The largest absolute Gasteiger partial charge is 0.385 e. The fourth-order valence-corrected chi connectivity index (χ4v) is 2.04. The van der Waals surface area contributed by atoms with Crippen LogP contribution in [-0.4, -0.2) is 14.7 Å². The number of nitrogens with zero attached hydrogens (tertiary/aromatic N) is 2. The van der Waals surface area contributed by atoms with Gasteiger partial charge in [-0.3, -0.25) is 9.36 Å². The summed E-state index contributed by atoms with van der Waals surface area (Å²) in [7, 11) is 0. The van der Waals surface area contributed by atoms with E-state index in [1.165, 1.54) is 0 Å². The third kappa shape index (κ3) is 1.11. The molecular formula is C11H10N2O2. The van der Waals surface area contributed by atoms with Crippen LogP contribution in [0.15, 0.2) is 29.1 Å². The summed E-state index contributed by atoms with van der Waals surface area (Å²) in [4.78, 5) is 16.3. The maximum atomic E-state index is 12.0. The van der Waals surface area contributed by atoms with E-state index in [1.54, 1.807) is 16.7 Å². The monoisotopic (exact) mass is 202 g/mol. The molecule has 4 nitrogen and oxygen atoms in total. The minimum Gasteiger partial charge on any atom is -0.385 e. The molecule has 1 aliphatic heterocycles. The lowest BCUT2D eigenvalue weighted by Crippen LogP contribution is -2.21. The summed E-state index contributed by atoms with van der Waals surface area (Å²) < 4.78 is 1.56. The topological polar surface area (TPSA) is 55.1 Å². The Balaban J connectivity index is 2.46. The molecular weight excluding hydrogens is 192 g/mol. The first-order valence-electron chi connectivity index (χ1n) is 4.95. The Kier molecular flexibility index (Phi) is 1.67. The van der Waals surface area contributed by atoms with Gasteiger partial charge in [-0.1, -0.05) is 12.1 Å². The third-order valence-corrected chi connectivity index (χ3v) is 2.82. The molecule has 0 unspecified atom stereocenters. The predicted molar refractivity (Wildman–Crippen MR) is 55.6 cm³/mol. The second kappa shape index (κ2) is 2.90. The van der Waals surface area contributed by atoms with Crippen LogP contribution in [0.25, 0.3) is 10.9 Å². The van der Waals surface area contributed by atoms with Crippen molar-refractivity contribution in [2.75, 3.05) is 0 Å². The standard InChI is InChI=1S/C11H10N2O2/c14-9-5-6-13-10(9)12-8-4-2-1-3-7(8)11(13)15/h1-4,9,14H,5-6H2/t9-/m0/s1. The highest BCUT2D eigenvalue weighted by Gasteiger charge is 2.23. The number of aromatic nitrogens is 2. The van der Waals surface area contributed by atoms with Crippen LogP contribution in [0.2, 0.25) is 0 Å². The number of hydrogen-bond donors (Lipinski definition) is 1. The SMILES string of the molecule is O=c1c2ccccc2nc2n1CC[C@@H]2O. The fraction of sp³-hybridized carbons (Fsp3) is 0.273. The van der Waals surface area contributed by atoms with Gasteiger partial charge in [0.1, 0.15) is 11.9 Å². The second-order valence-corrected chi connectivity index (χ2v) is 3.75. The van der Waals surface area contributed by atoms with Gasteiger partial charge >= 0.3 is 0 Å². The van der Waals surface area contributed by atoms with E-state index < -0.39 is 6.10 Å². The summed E-state index contributed by atoms with van der Waals surface area (Å²) in [5.74, 6) is 0.499. The van der Waals surface area contributed by atoms with Crippen molar-refractivity contribution in [3.05, 3.63) is 40.4 Å². The van der Waals surface area contributed by atoms with Crippen molar-refractivity contribution in [1.82, 2.24) is 9.55 Å². The maximum absolute atomic E-state index is 12.0. The Hall–Kier alpha value is -1.68. The lowest BCUT2D eigenvalue weighted by atomic mass is 10.2. The van der Waals surface area contributed by atoms with Crippen molar-refractivity contribution in [1.29, 1.82) is 0 Å². The highest BCUT2D eigenvalue weighted by atomic mass is 16.3. The number of fused-ring (bicyclic) bond motifs is 2. The smallest absolute Gasteiger partial charge is 0.261 e. The van der Waals surface area contributed by atoms with Gasteiger partial charge in [-0.25, -0.2) is 4.98 Å². The lowest BCUT2D eigenvalue weighted by molar-refractivity contribution is 0.176. The van der Waals surface area contributed by atoms with Gasteiger partial charge < -0.3 is 5.11 Å². The van der Waals surface area contributed by atoms with Gasteiger partial charge in [0.05, 0.1) is 10.9 Å². The van der Waals surface area contributed by atoms with Gasteiger partial charge in [0, 0.05) is 6.54 Å². The molecule has 1 aromatic heterocycles. The quantitative estimate of drug-likeness (QED) is 0.688. The van der Waals surface area contributed by atoms with E-state index in [1.807, 2.05) is 12.1 Å². The molecule has 4 heteroatoms. The first-order chi connectivity index (χ1) is 7.27. The van der Waals surface area contributed by atoms with Crippen LogP contribution >= 0.6 is 0 Å². The highest BCUT2D eigenvalue weighted by Crippen LogP contribution is 2.22. The molecule has 76 valence electrons. The molecule has 0 saturated carbocycles. The molecule has 0 radical (unpaired) electrons. The molecule has 0 saturated heterocycles. The zero-order valence-electron chi connectivity index (χ0n) is 8.05. The summed E-state index contributed by atoms with van der Waals surface area (Å²) in [6, 6.07) is 7.22. The van der Waals surface area contributed by atoms with E-state index in [2.05, 4.69) is 4.98 Å². The summed E-state index contributed by atoms with van der Waals surface area (Å²) in [6.45, 7) is 0.563. The molecule has 15 heavy (non-hydrogen) atoms. The van der Waals surface area contributed by atoms with Crippen LogP contribution < -0.4 is 5.56 Å². The summed E-state index contributed by atoms with van der Waals surface area (Å²) in [6.07, 6.45) is -0.0132.